The Morgan fingerprint density at radius 2 is 1.68 bits per heavy atom. The smallest absolute Gasteiger partial charge is 0.335 e. The second kappa shape index (κ2) is 11.0. The number of rotatable bonds is 8. The van der Waals surface area contributed by atoms with E-state index in [1.54, 1.807) is 39.2 Å². The van der Waals surface area contributed by atoms with Crippen molar-refractivity contribution in [1.29, 1.82) is 0 Å². The van der Waals surface area contributed by atoms with E-state index >= 15 is 0 Å². The summed E-state index contributed by atoms with van der Waals surface area (Å²) in [6.45, 7) is 5.22. The van der Waals surface area contributed by atoms with E-state index in [0.717, 1.165) is 20.8 Å². The highest BCUT2D eigenvalue weighted by molar-refractivity contribution is 7.89. The SMILES string of the molecule is CCOC(=O)C1=CC[C@@H](c2cc3ccc(OC)cc3n2C)N(S(=O)(=O)c2ccc(C)cc2)[C@H]1C(=O)OCC. The van der Waals surface area contributed by atoms with Gasteiger partial charge in [-0.1, -0.05) is 23.8 Å². The van der Waals surface area contributed by atoms with Crippen molar-refractivity contribution >= 4 is 32.9 Å². The summed E-state index contributed by atoms with van der Waals surface area (Å²) in [7, 11) is -0.883. The molecule has 0 spiro atoms. The number of nitrogens with zero attached hydrogens (tertiary/aromatic N) is 2. The maximum Gasteiger partial charge on any atom is 0.335 e. The van der Waals surface area contributed by atoms with Gasteiger partial charge < -0.3 is 18.8 Å². The third kappa shape index (κ3) is 4.93. The molecule has 202 valence electrons. The first-order valence-electron chi connectivity index (χ1n) is 12.4. The van der Waals surface area contributed by atoms with Crippen molar-refractivity contribution in [3.05, 3.63) is 71.4 Å². The summed E-state index contributed by atoms with van der Waals surface area (Å²) in [5, 5.41) is 0.879. The number of aromatic nitrogens is 1. The van der Waals surface area contributed by atoms with Gasteiger partial charge in [0.15, 0.2) is 6.04 Å². The van der Waals surface area contributed by atoms with E-state index in [1.807, 2.05) is 42.8 Å². The van der Waals surface area contributed by atoms with Crippen LogP contribution in [0.4, 0.5) is 0 Å². The molecule has 0 fully saturated rings. The maximum atomic E-state index is 14.3. The fraction of sp³-hybridized carbons (Fsp3) is 0.357. The van der Waals surface area contributed by atoms with Gasteiger partial charge >= 0.3 is 11.9 Å². The second-order valence-corrected chi connectivity index (χ2v) is 10.8. The lowest BCUT2D eigenvalue weighted by Crippen LogP contribution is -2.52. The van der Waals surface area contributed by atoms with Crippen molar-refractivity contribution in [1.82, 2.24) is 8.87 Å². The van der Waals surface area contributed by atoms with Crippen LogP contribution in [0.1, 0.15) is 37.6 Å². The third-order valence-corrected chi connectivity index (χ3v) is 8.55. The number of carbonyl (C=O) groups excluding carboxylic acids is 2. The molecule has 3 aromatic rings. The molecule has 4 rings (SSSR count). The summed E-state index contributed by atoms with van der Waals surface area (Å²) in [6.07, 6.45) is 1.74. The van der Waals surface area contributed by atoms with Crippen molar-refractivity contribution in [2.24, 2.45) is 7.05 Å². The first-order chi connectivity index (χ1) is 18.1. The predicted octanol–water partition coefficient (Wildman–Crippen LogP) is 4.05. The third-order valence-electron chi connectivity index (χ3n) is 6.67. The highest BCUT2D eigenvalue weighted by Crippen LogP contribution is 2.41. The summed E-state index contributed by atoms with van der Waals surface area (Å²) in [5.74, 6) is -0.936. The number of aryl methyl sites for hydroxylation is 2. The van der Waals surface area contributed by atoms with Gasteiger partial charge in [0.1, 0.15) is 5.75 Å². The van der Waals surface area contributed by atoms with E-state index < -0.39 is 34.0 Å². The van der Waals surface area contributed by atoms with Crippen LogP contribution in [-0.2, 0) is 36.1 Å². The van der Waals surface area contributed by atoms with Gasteiger partial charge in [0.05, 0.1) is 42.4 Å². The molecule has 1 aliphatic rings. The number of carbonyl (C=O) groups is 2. The summed E-state index contributed by atoms with van der Waals surface area (Å²) in [6, 6.07) is 11.5. The van der Waals surface area contributed by atoms with Crippen LogP contribution in [0, 0.1) is 6.92 Å². The number of ether oxygens (including phenoxy) is 3. The molecule has 2 atom stereocenters. The monoisotopic (exact) mass is 540 g/mol. The van der Waals surface area contributed by atoms with Crippen LogP contribution in [0.3, 0.4) is 0 Å². The topological polar surface area (TPSA) is 104 Å². The molecule has 0 aliphatic carbocycles. The Morgan fingerprint density at radius 3 is 2.32 bits per heavy atom. The molecule has 0 N–H and O–H groups in total. The lowest BCUT2D eigenvalue weighted by molar-refractivity contribution is -0.150. The van der Waals surface area contributed by atoms with Crippen LogP contribution in [0.2, 0.25) is 0 Å². The van der Waals surface area contributed by atoms with Crippen LogP contribution in [0.15, 0.2) is 65.1 Å². The molecule has 0 unspecified atom stereocenters. The minimum absolute atomic E-state index is 0.00735. The molecule has 0 bridgehead atoms. The Bertz CT molecular complexity index is 1490. The average molecular weight is 541 g/mol. The molecule has 0 radical (unpaired) electrons. The van der Waals surface area contributed by atoms with Crippen molar-refractivity contribution in [3.8, 4) is 5.75 Å². The summed E-state index contributed by atoms with van der Waals surface area (Å²) in [5.41, 5.74) is 2.31. The van der Waals surface area contributed by atoms with E-state index in [9.17, 15) is 18.0 Å². The summed E-state index contributed by atoms with van der Waals surface area (Å²) < 4.78 is 47.4. The zero-order valence-corrected chi connectivity index (χ0v) is 22.9. The van der Waals surface area contributed by atoms with Crippen LogP contribution in [-0.4, -0.2) is 55.6 Å². The van der Waals surface area contributed by atoms with Gasteiger partial charge in [0, 0.05) is 24.2 Å². The minimum atomic E-state index is -4.29. The first-order valence-corrected chi connectivity index (χ1v) is 13.8. The Balaban J connectivity index is 1.97. The van der Waals surface area contributed by atoms with E-state index in [4.69, 9.17) is 14.2 Å². The molecule has 10 heteroatoms. The lowest BCUT2D eigenvalue weighted by Gasteiger charge is -2.39. The van der Waals surface area contributed by atoms with Crippen molar-refractivity contribution in [3.63, 3.8) is 0 Å². The standard InChI is InChI=1S/C28H32N2O7S/c1-6-36-27(31)22-14-15-23(25-16-19-10-11-20(35-5)17-24(19)29(25)4)30(26(22)28(32)37-7-2)38(33,34)21-12-8-18(3)9-13-21/h8-14,16-17,23,26H,6-7,15H2,1-5H3/t23-,26+/m0/s1. The van der Waals surface area contributed by atoms with Gasteiger partial charge in [-0.2, -0.15) is 4.31 Å². The van der Waals surface area contributed by atoms with Gasteiger partial charge in [-0.15, -0.1) is 0 Å². The Morgan fingerprint density at radius 1 is 1.00 bits per heavy atom. The average Bonchev–Trinajstić information content (AvgIpc) is 3.23. The number of fused-ring (bicyclic) bond motifs is 1. The van der Waals surface area contributed by atoms with E-state index in [-0.39, 0.29) is 30.1 Å². The quantitative estimate of drug-likeness (QED) is 0.397. The number of hydrogen-bond donors (Lipinski definition) is 0. The van der Waals surface area contributed by atoms with E-state index in [0.29, 0.717) is 11.4 Å². The van der Waals surface area contributed by atoms with E-state index in [1.165, 1.54) is 12.1 Å². The molecule has 2 heterocycles. The lowest BCUT2D eigenvalue weighted by atomic mass is 9.95. The first kappa shape index (κ1) is 27.4. The van der Waals surface area contributed by atoms with Crippen molar-refractivity contribution < 1.29 is 32.2 Å². The van der Waals surface area contributed by atoms with Gasteiger partial charge in [-0.25, -0.2) is 18.0 Å². The fourth-order valence-electron chi connectivity index (χ4n) is 4.80. The van der Waals surface area contributed by atoms with Crippen LogP contribution < -0.4 is 4.74 Å². The highest BCUT2D eigenvalue weighted by atomic mass is 32.2. The molecular weight excluding hydrogens is 508 g/mol. The zero-order chi connectivity index (χ0) is 27.6. The maximum absolute atomic E-state index is 14.3. The number of esters is 2. The van der Waals surface area contributed by atoms with Gasteiger partial charge in [-0.3, -0.25) is 0 Å². The molecule has 1 aliphatic heterocycles. The number of sulfonamides is 1. The summed E-state index contributed by atoms with van der Waals surface area (Å²) in [4.78, 5) is 26.3. The van der Waals surface area contributed by atoms with E-state index in [2.05, 4.69) is 0 Å². The van der Waals surface area contributed by atoms with Gasteiger partial charge in [0.25, 0.3) is 0 Å². The number of methoxy groups -OCH3 is 1. The molecule has 9 nitrogen and oxygen atoms in total. The Labute approximate surface area is 222 Å². The Kier molecular flexibility index (Phi) is 7.94. The number of hydrogen-bond acceptors (Lipinski definition) is 7. The highest BCUT2D eigenvalue weighted by Gasteiger charge is 2.49. The molecular formula is C28H32N2O7S. The van der Waals surface area contributed by atoms with Crippen LogP contribution in [0.25, 0.3) is 10.9 Å². The normalized spacial score (nSPS) is 18.2. The molecule has 1 aromatic heterocycles. The van der Waals surface area contributed by atoms with Crippen LogP contribution >= 0.6 is 0 Å². The van der Waals surface area contributed by atoms with Crippen LogP contribution in [0.5, 0.6) is 5.75 Å². The molecule has 0 amide bonds. The number of benzene rings is 2. The minimum Gasteiger partial charge on any atom is -0.497 e. The second-order valence-electron chi connectivity index (χ2n) is 8.99. The zero-order valence-electron chi connectivity index (χ0n) is 22.1. The largest absolute Gasteiger partial charge is 0.497 e. The fourth-order valence-corrected chi connectivity index (χ4v) is 6.53. The van der Waals surface area contributed by atoms with Crippen molar-refractivity contribution in [2.75, 3.05) is 20.3 Å². The Hall–Kier alpha value is -3.63. The molecule has 0 saturated heterocycles. The summed E-state index contributed by atoms with van der Waals surface area (Å²) >= 11 is 0. The predicted molar refractivity (Wildman–Crippen MR) is 142 cm³/mol. The van der Waals surface area contributed by atoms with Gasteiger partial charge in [0.2, 0.25) is 10.0 Å². The molecule has 0 saturated carbocycles. The molecule has 38 heavy (non-hydrogen) atoms. The van der Waals surface area contributed by atoms with Gasteiger partial charge in [-0.05, 0) is 57.5 Å². The molecule has 2 aromatic carbocycles. The van der Waals surface area contributed by atoms with Crippen molar-refractivity contribution in [2.45, 2.75) is 44.2 Å².